The summed E-state index contributed by atoms with van der Waals surface area (Å²) >= 11 is 6.12. The zero-order valence-electron chi connectivity index (χ0n) is 12.3. The minimum Gasteiger partial charge on any atom is -0.369 e. The van der Waals surface area contributed by atoms with Crippen LogP contribution in [0.1, 0.15) is 44.0 Å². The predicted molar refractivity (Wildman–Crippen MR) is 82.2 cm³/mol. The van der Waals surface area contributed by atoms with Crippen LogP contribution in [0.5, 0.6) is 0 Å². The summed E-state index contributed by atoms with van der Waals surface area (Å²) in [6.45, 7) is 8.04. The van der Waals surface area contributed by atoms with Gasteiger partial charge in [-0.25, -0.2) is 4.98 Å². The van der Waals surface area contributed by atoms with Crippen LogP contribution in [0.4, 0.5) is 5.82 Å². The third-order valence-corrected chi connectivity index (χ3v) is 4.16. The quantitative estimate of drug-likeness (QED) is 0.846. The Bertz CT molecular complexity index is 502. The van der Waals surface area contributed by atoms with Gasteiger partial charge in [-0.3, -0.25) is 4.79 Å². The van der Waals surface area contributed by atoms with E-state index in [9.17, 15) is 4.79 Å². The van der Waals surface area contributed by atoms with Crippen molar-refractivity contribution < 1.29 is 4.79 Å². The van der Waals surface area contributed by atoms with Crippen LogP contribution >= 0.6 is 11.6 Å². The van der Waals surface area contributed by atoms with Gasteiger partial charge in [0.15, 0.2) is 0 Å². The first-order chi connectivity index (χ1) is 9.44. The molecule has 0 spiro atoms. The van der Waals surface area contributed by atoms with Crippen LogP contribution in [0.3, 0.4) is 0 Å². The number of hydrogen-bond acceptors (Lipinski definition) is 3. The summed E-state index contributed by atoms with van der Waals surface area (Å²) in [6, 6.07) is 1.67. The zero-order chi connectivity index (χ0) is 14.8. The Balaban J connectivity index is 1.91. The highest BCUT2D eigenvalue weighted by Gasteiger charge is 2.45. The average Bonchev–Trinajstić information content (AvgIpc) is 3.02. The van der Waals surface area contributed by atoms with Crippen molar-refractivity contribution in [2.75, 3.05) is 18.4 Å². The van der Waals surface area contributed by atoms with Gasteiger partial charge in [0, 0.05) is 19.3 Å². The molecule has 1 atom stereocenters. The zero-order valence-corrected chi connectivity index (χ0v) is 13.0. The number of carbonyl (C=O) groups excluding carboxylic acids is 1. The maximum absolute atomic E-state index is 12.0. The Morgan fingerprint density at radius 3 is 2.80 bits per heavy atom. The van der Waals surface area contributed by atoms with E-state index in [1.807, 2.05) is 0 Å². The molecular weight excluding hydrogens is 274 g/mol. The van der Waals surface area contributed by atoms with Gasteiger partial charge in [-0.15, -0.1) is 0 Å². The highest BCUT2D eigenvalue weighted by atomic mass is 35.5. The standard InChI is InChI=1S/C15H22ClN3O/c1-4-5-17-13-12(16)6-10(8-18-13)14(20)19-9-11-7-15(11,2)3/h6,8,11H,4-5,7,9H2,1-3H3,(H,17,18)(H,19,20). The van der Waals surface area contributed by atoms with E-state index in [1.165, 1.54) is 6.42 Å². The Labute approximate surface area is 125 Å². The molecule has 20 heavy (non-hydrogen) atoms. The largest absolute Gasteiger partial charge is 0.369 e. The number of anilines is 1. The highest BCUT2D eigenvalue weighted by molar-refractivity contribution is 6.33. The topological polar surface area (TPSA) is 54.0 Å². The number of rotatable bonds is 6. The van der Waals surface area contributed by atoms with E-state index in [0.29, 0.717) is 27.7 Å². The molecule has 2 N–H and O–H groups in total. The Hall–Kier alpha value is -1.29. The average molecular weight is 296 g/mol. The van der Waals surface area contributed by atoms with Crippen molar-refractivity contribution in [1.82, 2.24) is 10.3 Å². The SMILES string of the molecule is CCCNc1ncc(C(=O)NCC2CC2(C)C)cc1Cl. The molecule has 4 nitrogen and oxygen atoms in total. The number of carbonyl (C=O) groups is 1. The minimum atomic E-state index is -0.107. The number of hydrogen-bond donors (Lipinski definition) is 2. The summed E-state index contributed by atoms with van der Waals surface area (Å²) in [4.78, 5) is 16.2. The fourth-order valence-corrected chi connectivity index (χ4v) is 2.41. The van der Waals surface area contributed by atoms with Gasteiger partial charge < -0.3 is 10.6 Å². The molecule has 0 aliphatic heterocycles. The molecule has 1 aliphatic rings. The third-order valence-electron chi connectivity index (χ3n) is 3.87. The van der Waals surface area contributed by atoms with Crippen molar-refractivity contribution in [3.8, 4) is 0 Å². The van der Waals surface area contributed by atoms with Gasteiger partial charge in [0.25, 0.3) is 5.91 Å². The highest BCUT2D eigenvalue weighted by Crippen LogP contribution is 2.50. The Morgan fingerprint density at radius 1 is 1.55 bits per heavy atom. The van der Waals surface area contributed by atoms with Crippen molar-refractivity contribution >= 4 is 23.3 Å². The van der Waals surface area contributed by atoms with Crippen LogP contribution in [0.2, 0.25) is 5.02 Å². The second kappa shape index (κ2) is 6.00. The monoisotopic (exact) mass is 295 g/mol. The summed E-state index contributed by atoms with van der Waals surface area (Å²) in [6.07, 6.45) is 3.74. The summed E-state index contributed by atoms with van der Waals surface area (Å²) in [5.41, 5.74) is 0.882. The van der Waals surface area contributed by atoms with Crippen molar-refractivity contribution in [3.63, 3.8) is 0 Å². The van der Waals surface area contributed by atoms with Crippen LogP contribution in [0, 0.1) is 11.3 Å². The number of nitrogens with zero attached hydrogens (tertiary/aromatic N) is 1. The van der Waals surface area contributed by atoms with Crippen LogP contribution in [0.15, 0.2) is 12.3 Å². The first-order valence-corrected chi connectivity index (χ1v) is 7.49. The molecule has 0 saturated heterocycles. The van der Waals surface area contributed by atoms with E-state index in [1.54, 1.807) is 12.3 Å². The van der Waals surface area contributed by atoms with Crippen LogP contribution in [0.25, 0.3) is 0 Å². The minimum absolute atomic E-state index is 0.107. The Morgan fingerprint density at radius 2 is 2.25 bits per heavy atom. The second-order valence-corrected chi connectivity index (χ2v) is 6.49. The molecule has 110 valence electrons. The molecule has 1 fully saturated rings. The lowest BCUT2D eigenvalue weighted by Crippen LogP contribution is -2.26. The van der Waals surface area contributed by atoms with Crippen molar-refractivity contribution in [2.24, 2.45) is 11.3 Å². The molecule has 5 heteroatoms. The number of amides is 1. The normalized spacial score (nSPS) is 19.5. The first kappa shape index (κ1) is 15.1. The summed E-state index contributed by atoms with van der Waals surface area (Å²) in [5, 5.41) is 6.56. The number of pyridine rings is 1. The van der Waals surface area contributed by atoms with Crippen LogP contribution in [-0.4, -0.2) is 24.0 Å². The maximum Gasteiger partial charge on any atom is 0.252 e. The molecule has 1 heterocycles. The molecule has 1 aromatic heterocycles. The van der Waals surface area contributed by atoms with Gasteiger partial charge in [0.1, 0.15) is 5.82 Å². The van der Waals surface area contributed by atoms with Crippen LogP contribution in [-0.2, 0) is 0 Å². The smallest absolute Gasteiger partial charge is 0.252 e. The van der Waals surface area contributed by atoms with Gasteiger partial charge in [-0.1, -0.05) is 32.4 Å². The fraction of sp³-hybridized carbons (Fsp3) is 0.600. The lowest BCUT2D eigenvalue weighted by molar-refractivity contribution is 0.0950. The molecule has 1 aromatic rings. The lowest BCUT2D eigenvalue weighted by Gasteiger charge is -2.09. The van der Waals surface area contributed by atoms with Gasteiger partial charge in [-0.05, 0) is 30.2 Å². The summed E-state index contributed by atoms with van der Waals surface area (Å²) in [5.74, 6) is 1.11. The molecule has 0 radical (unpaired) electrons. The van der Waals surface area contributed by atoms with Crippen molar-refractivity contribution in [1.29, 1.82) is 0 Å². The van der Waals surface area contributed by atoms with E-state index < -0.39 is 0 Å². The van der Waals surface area contributed by atoms with E-state index in [0.717, 1.165) is 19.5 Å². The number of halogens is 1. The molecule has 1 unspecified atom stereocenters. The lowest BCUT2D eigenvalue weighted by atomic mass is 10.1. The molecule has 1 saturated carbocycles. The van der Waals surface area contributed by atoms with Crippen molar-refractivity contribution in [3.05, 3.63) is 22.8 Å². The van der Waals surface area contributed by atoms with E-state index in [-0.39, 0.29) is 5.91 Å². The molecule has 2 rings (SSSR count). The molecular formula is C15H22ClN3O. The Kier molecular flexibility index (Phi) is 4.53. The maximum atomic E-state index is 12.0. The fourth-order valence-electron chi connectivity index (χ4n) is 2.18. The van der Waals surface area contributed by atoms with Gasteiger partial charge >= 0.3 is 0 Å². The molecule has 0 aromatic carbocycles. The predicted octanol–water partition coefficient (Wildman–Crippen LogP) is 3.33. The summed E-state index contributed by atoms with van der Waals surface area (Å²) < 4.78 is 0. The molecule has 1 aliphatic carbocycles. The van der Waals surface area contributed by atoms with Gasteiger partial charge in [0.05, 0.1) is 10.6 Å². The van der Waals surface area contributed by atoms with Gasteiger partial charge in [-0.2, -0.15) is 0 Å². The van der Waals surface area contributed by atoms with Crippen molar-refractivity contribution in [2.45, 2.75) is 33.6 Å². The third kappa shape index (κ3) is 3.63. The van der Waals surface area contributed by atoms with E-state index in [4.69, 9.17) is 11.6 Å². The first-order valence-electron chi connectivity index (χ1n) is 7.11. The number of aromatic nitrogens is 1. The summed E-state index contributed by atoms with van der Waals surface area (Å²) in [7, 11) is 0. The van der Waals surface area contributed by atoms with E-state index in [2.05, 4.69) is 36.4 Å². The van der Waals surface area contributed by atoms with Crippen LogP contribution < -0.4 is 10.6 Å². The second-order valence-electron chi connectivity index (χ2n) is 6.08. The van der Waals surface area contributed by atoms with E-state index >= 15 is 0 Å². The molecule has 0 bridgehead atoms. The number of nitrogens with one attached hydrogen (secondary N) is 2. The van der Waals surface area contributed by atoms with Gasteiger partial charge in [0.2, 0.25) is 0 Å². The molecule has 1 amide bonds.